The first-order valence-corrected chi connectivity index (χ1v) is 6.04. The van der Waals surface area contributed by atoms with Gasteiger partial charge in [0.25, 0.3) is 0 Å². The van der Waals surface area contributed by atoms with E-state index in [0.717, 1.165) is 12.1 Å². The van der Waals surface area contributed by atoms with Crippen LogP contribution in [0.1, 0.15) is 12.0 Å². The predicted molar refractivity (Wildman–Crippen MR) is 64.3 cm³/mol. The third-order valence-corrected chi connectivity index (χ3v) is 2.95. The maximum atomic E-state index is 13.0. The summed E-state index contributed by atoms with van der Waals surface area (Å²) in [5.41, 5.74) is 0.397. The number of carbonyl (C=O) groups is 2. The van der Waals surface area contributed by atoms with Gasteiger partial charge in [0.1, 0.15) is 0 Å². The molecule has 6 heteroatoms. The van der Waals surface area contributed by atoms with Gasteiger partial charge in [0.2, 0.25) is 11.8 Å². The molecule has 2 amide bonds. The summed E-state index contributed by atoms with van der Waals surface area (Å²) in [5, 5.41) is 2.67. The van der Waals surface area contributed by atoms with Crippen LogP contribution in [0.5, 0.6) is 0 Å². The zero-order chi connectivity index (χ0) is 13.8. The van der Waals surface area contributed by atoms with Crippen LogP contribution < -0.4 is 5.32 Å². The van der Waals surface area contributed by atoms with Gasteiger partial charge in [-0.15, -0.1) is 0 Å². The van der Waals surface area contributed by atoms with Crippen LogP contribution in [0.4, 0.5) is 8.78 Å². The average molecular weight is 268 g/mol. The Bertz CT molecular complexity index is 505. The molecular weight excluding hydrogens is 254 g/mol. The highest BCUT2D eigenvalue weighted by Gasteiger charge is 2.20. The Balaban J connectivity index is 2.03. The molecule has 4 nitrogen and oxygen atoms in total. The van der Waals surface area contributed by atoms with Crippen LogP contribution in [0.2, 0.25) is 0 Å². The fourth-order valence-electron chi connectivity index (χ4n) is 1.95. The summed E-state index contributed by atoms with van der Waals surface area (Å²) in [5.74, 6) is -2.37. The van der Waals surface area contributed by atoms with E-state index in [4.69, 9.17) is 0 Å². The van der Waals surface area contributed by atoms with Gasteiger partial charge in [-0.2, -0.15) is 0 Å². The van der Waals surface area contributed by atoms with Gasteiger partial charge in [-0.05, 0) is 24.1 Å². The highest BCUT2D eigenvalue weighted by molar-refractivity contribution is 5.86. The first kappa shape index (κ1) is 13.5. The monoisotopic (exact) mass is 268 g/mol. The van der Waals surface area contributed by atoms with Crippen molar-refractivity contribution < 1.29 is 18.4 Å². The van der Waals surface area contributed by atoms with Crippen molar-refractivity contribution in [3.63, 3.8) is 0 Å². The maximum Gasteiger partial charge on any atom is 0.239 e. The number of amides is 2. The number of carbonyl (C=O) groups excluding carboxylic acids is 2. The molecule has 0 spiro atoms. The molecule has 1 aromatic rings. The van der Waals surface area contributed by atoms with E-state index in [2.05, 4.69) is 5.32 Å². The van der Waals surface area contributed by atoms with Crippen molar-refractivity contribution in [3.05, 3.63) is 35.4 Å². The third kappa shape index (κ3) is 3.49. The Morgan fingerprint density at radius 2 is 2.11 bits per heavy atom. The van der Waals surface area contributed by atoms with Crippen molar-refractivity contribution in [2.45, 2.75) is 12.8 Å². The molecule has 1 aliphatic rings. The van der Waals surface area contributed by atoms with Gasteiger partial charge in [-0.25, -0.2) is 8.78 Å². The van der Waals surface area contributed by atoms with E-state index in [1.807, 2.05) is 0 Å². The maximum absolute atomic E-state index is 13.0. The minimum absolute atomic E-state index is 0.0164. The topological polar surface area (TPSA) is 49.4 Å². The SMILES string of the molecule is O=C1CN(C(=O)Cc2ccc(F)c(F)c2)CCCN1. The van der Waals surface area contributed by atoms with Crippen molar-refractivity contribution in [3.8, 4) is 0 Å². The van der Waals surface area contributed by atoms with Gasteiger partial charge in [-0.1, -0.05) is 6.07 Å². The second-order valence-corrected chi connectivity index (χ2v) is 4.44. The molecule has 102 valence electrons. The first-order chi connectivity index (χ1) is 9.06. The number of nitrogens with one attached hydrogen (secondary N) is 1. The van der Waals surface area contributed by atoms with E-state index in [1.54, 1.807) is 0 Å². The molecule has 0 saturated carbocycles. The van der Waals surface area contributed by atoms with Crippen LogP contribution >= 0.6 is 0 Å². The number of hydrogen-bond acceptors (Lipinski definition) is 2. The molecule has 1 aromatic carbocycles. The van der Waals surface area contributed by atoms with Crippen LogP contribution in [-0.4, -0.2) is 36.3 Å². The molecule has 0 aromatic heterocycles. The molecule has 1 fully saturated rings. The molecular formula is C13H14F2N2O2. The lowest BCUT2D eigenvalue weighted by Gasteiger charge is -2.18. The lowest BCUT2D eigenvalue weighted by molar-refractivity contribution is -0.134. The van der Waals surface area contributed by atoms with E-state index in [9.17, 15) is 18.4 Å². The number of nitrogens with zero attached hydrogens (tertiary/aromatic N) is 1. The summed E-state index contributed by atoms with van der Waals surface area (Å²) < 4.78 is 25.8. The van der Waals surface area contributed by atoms with Crippen LogP contribution in [0.3, 0.4) is 0 Å². The number of benzene rings is 1. The number of rotatable bonds is 2. The van der Waals surface area contributed by atoms with Crippen molar-refractivity contribution >= 4 is 11.8 Å². The zero-order valence-corrected chi connectivity index (χ0v) is 10.3. The van der Waals surface area contributed by atoms with Crippen molar-refractivity contribution in [1.82, 2.24) is 10.2 Å². The van der Waals surface area contributed by atoms with Crippen LogP contribution in [0, 0.1) is 11.6 Å². The second-order valence-electron chi connectivity index (χ2n) is 4.44. The minimum atomic E-state index is -0.973. The molecule has 0 atom stereocenters. The molecule has 1 heterocycles. The summed E-state index contributed by atoms with van der Waals surface area (Å²) in [4.78, 5) is 24.8. The van der Waals surface area contributed by atoms with Crippen LogP contribution in [0.25, 0.3) is 0 Å². The van der Waals surface area contributed by atoms with Crippen molar-refractivity contribution in [1.29, 1.82) is 0 Å². The Morgan fingerprint density at radius 1 is 1.32 bits per heavy atom. The smallest absolute Gasteiger partial charge is 0.239 e. The molecule has 19 heavy (non-hydrogen) atoms. The predicted octanol–water partition coefficient (Wildman–Crippen LogP) is 0.856. The van der Waals surface area contributed by atoms with Crippen molar-refractivity contribution in [2.75, 3.05) is 19.6 Å². The Hall–Kier alpha value is -1.98. The van der Waals surface area contributed by atoms with Gasteiger partial charge in [-0.3, -0.25) is 9.59 Å². The second kappa shape index (κ2) is 5.77. The van der Waals surface area contributed by atoms with E-state index >= 15 is 0 Å². The molecule has 0 aliphatic carbocycles. The molecule has 1 saturated heterocycles. The van der Waals surface area contributed by atoms with E-state index in [-0.39, 0.29) is 24.8 Å². The third-order valence-electron chi connectivity index (χ3n) is 2.95. The van der Waals surface area contributed by atoms with Gasteiger partial charge in [0.05, 0.1) is 13.0 Å². The zero-order valence-electron chi connectivity index (χ0n) is 10.3. The van der Waals surface area contributed by atoms with Crippen molar-refractivity contribution in [2.24, 2.45) is 0 Å². The fraction of sp³-hybridized carbons (Fsp3) is 0.385. The number of hydrogen-bond donors (Lipinski definition) is 1. The molecule has 0 radical (unpaired) electrons. The molecule has 1 aliphatic heterocycles. The van der Waals surface area contributed by atoms with E-state index in [0.29, 0.717) is 25.1 Å². The lowest BCUT2D eigenvalue weighted by Crippen LogP contribution is -2.38. The van der Waals surface area contributed by atoms with Gasteiger partial charge >= 0.3 is 0 Å². The molecule has 0 unspecified atom stereocenters. The Kier molecular flexibility index (Phi) is 4.09. The van der Waals surface area contributed by atoms with Gasteiger partial charge in [0, 0.05) is 13.1 Å². The van der Waals surface area contributed by atoms with E-state index in [1.165, 1.54) is 11.0 Å². The minimum Gasteiger partial charge on any atom is -0.354 e. The lowest BCUT2D eigenvalue weighted by atomic mass is 10.1. The normalized spacial score (nSPS) is 15.9. The fourth-order valence-corrected chi connectivity index (χ4v) is 1.95. The van der Waals surface area contributed by atoms with Crippen LogP contribution in [-0.2, 0) is 16.0 Å². The first-order valence-electron chi connectivity index (χ1n) is 6.04. The summed E-state index contributed by atoms with van der Waals surface area (Å²) in [6, 6.07) is 3.37. The van der Waals surface area contributed by atoms with E-state index < -0.39 is 11.6 Å². The summed E-state index contributed by atoms with van der Waals surface area (Å²) in [6.45, 7) is 1.05. The highest BCUT2D eigenvalue weighted by Crippen LogP contribution is 2.10. The molecule has 2 rings (SSSR count). The van der Waals surface area contributed by atoms with Gasteiger partial charge < -0.3 is 10.2 Å². The largest absolute Gasteiger partial charge is 0.354 e. The van der Waals surface area contributed by atoms with Gasteiger partial charge in [0.15, 0.2) is 11.6 Å². The standard InChI is InChI=1S/C13H14F2N2O2/c14-10-3-2-9(6-11(10)15)7-13(19)17-5-1-4-16-12(18)8-17/h2-3,6H,1,4-5,7-8H2,(H,16,18). The highest BCUT2D eigenvalue weighted by atomic mass is 19.2. The summed E-state index contributed by atoms with van der Waals surface area (Å²) >= 11 is 0. The van der Waals surface area contributed by atoms with Crippen LogP contribution in [0.15, 0.2) is 18.2 Å². The molecule has 0 bridgehead atoms. The Morgan fingerprint density at radius 3 is 2.84 bits per heavy atom. The average Bonchev–Trinajstić information content (AvgIpc) is 2.58. The quantitative estimate of drug-likeness (QED) is 0.864. The summed E-state index contributed by atoms with van der Waals surface area (Å²) in [7, 11) is 0. The summed E-state index contributed by atoms with van der Waals surface area (Å²) in [6.07, 6.45) is 0.653. The Labute approximate surface area is 109 Å². The molecule has 1 N–H and O–H groups in total. The number of halogens is 2.